The van der Waals surface area contributed by atoms with Crippen LogP contribution >= 0.6 is 11.6 Å². The largest absolute Gasteiger partial charge is 0.256 e. The standard InChI is InChI=1S/C15H19ClN2O2S/c1-11-6-7-13(12-5-4-8-17-14(11)12)21(19,20)18-10-15(2,3)9-16/h4-8,18H,9-10H2,1-3H3. The molecular weight excluding hydrogens is 308 g/mol. The predicted molar refractivity (Wildman–Crippen MR) is 86.2 cm³/mol. The van der Waals surface area contributed by atoms with Crippen LogP contribution in [0.4, 0.5) is 0 Å². The van der Waals surface area contributed by atoms with Gasteiger partial charge in [-0.3, -0.25) is 4.98 Å². The lowest BCUT2D eigenvalue weighted by molar-refractivity contribution is 0.414. The first-order chi connectivity index (χ1) is 9.77. The van der Waals surface area contributed by atoms with Crippen LogP contribution in [0.15, 0.2) is 35.4 Å². The molecule has 0 atom stereocenters. The number of hydrogen-bond acceptors (Lipinski definition) is 3. The zero-order valence-electron chi connectivity index (χ0n) is 12.4. The van der Waals surface area contributed by atoms with Gasteiger partial charge in [-0.25, -0.2) is 13.1 Å². The highest BCUT2D eigenvalue weighted by atomic mass is 35.5. The van der Waals surface area contributed by atoms with E-state index in [0.29, 0.717) is 16.8 Å². The van der Waals surface area contributed by atoms with Gasteiger partial charge in [-0.05, 0) is 36.1 Å². The highest BCUT2D eigenvalue weighted by molar-refractivity contribution is 7.89. The van der Waals surface area contributed by atoms with E-state index in [0.717, 1.165) is 5.56 Å². The third-order valence-electron chi connectivity index (χ3n) is 3.32. The van der Waals surface area contributed by atoms with Crippen LogP contribution in [0, 0.1) is 12.3 Å². The van der Waals surface area contributed by atoms with Crippen molar-refractivity contribution < 1.29 is 8.42 Å². The Bertz CT molecular complexity index is 757. The number of rotatable bonds is 5. The Kier molecular flexibility index (Phi) is 4.56. The van der Waals surface area contributed by atoms with Crippen LogP contribution in [0.3, 0.4) is 0 Å². The summed E-state index contributed by atoms with van der Waals surface area (Å²) >= 11 is 5.84. The first-order valence-electron chi connectivity index (χ1n) is 6.67. The van der Waals surface area contributed by atoms with E-state index in [4.69, 9.17) is 11.6 Å². The van der Waals surface area contributed by atoms with Crippen LogP contribution in [0.1, 0.15) is 19.4 Å². The molecule has 0 aliphatic rings. The minimum absolute atomic E-state index is 0.251. The Labute approximate surface area is 130 Å². The van der Waals surface area contributed by atoms with Gasteiger partial charge in [-0.15, -0.1) is 11.6 Å². The van der Waals surface area contributed by atoms with E-state index in [2.05, 4.69) is 9.71 Å². The molecule has 1 aromatic carbocycles. The molecule has 0 bridgehead atoms. The maximum Gasteiger partial charge on any atom is 0.241 e. The zero-order chi connectivity index (χ0) is 15.7. The van der Waals surface area contributed by atoms with Crippen molar-refractivity contribution in [3.8, 4) is 0 Å². The molecule has 0 radical (unpaired) electrons. The van der Waals surface area contributed by atoms with E-state index in [1.54, 1.807) is 30.5 Å². The molecule has 0 aliphatic heterocycles. The van der Waals surface area contributed by atoms with Crippen LogP contribution < -0.4 is 4.72 Å². The summed E-state index contributed by atoms with van der Waals surface area (Å²) in [6.07, 6.45) is 1.66. The van der Waals surface area contributed by atoms with Gasteiger partial charge in [0.2, 0.25) is 10.0 Å². The minimum atomic E-state index is -3.60. The van der Waals surface area contributed by atoms with Gasteiger partial charge in [0.15, 0.2) is 0 Å². The summed E-state index contributed by atoms with van der Waals surface area (Å²) in [7, 11) is -3.60. The fourth-order valence-corrected chi connectivity index (χ4v) is 3.47. The van der Waals surface area contributed by atoms with Gasteiger partial charge in [-0.1, -0.05) is 19.9 Å². The molecule has 0 fully saturated rings. The quantitative estimate of drug-likeness (QED) is 0.859. The van der Waals surface area contributed by atoms with Gasteiger partial charge in [0.1, 0.15) is 0 Å². The van der Waals surface area contributed by atoms with Crippen molar-refractivity contribution >= 4 is 32.5 Å². The third-order valence-corrected chi connectivity index (χ3v) is 5.51. The molecule has 4 nitrogen and oxygen atoms in total. The molecule has 0 aliphatic carbocycles. The van der Waals surface area contributed by atoms with E-state index in [-0.39, 0.29) is 16.9 Å². The van der Waals surface area contributed by atoms with Crippen molar-refractivity contribution in [2.24, 2.45) is 5.41 Å². The highest BCUT2D eigenvalue weighted by Crippen LogP contribution is 2.25. The normalized spacial score (nSPS) is 12.8. The average Bonchev–Trinajstić information content (AvgIpc) is 2.46. The Morgan fingerprint density at radius 3 is 2.67 bits per heavy atom. The van der Waals surface area contributed by atoms with Crippen LogP contribution in [0.2, 0.25) is 0 Å². The van der Waals surface area contributed by atoms with Crippen molar-refractivity contribution in [1.29, 1.82) is 0 Å². The van der Waals surface area contributed by atoms with Crippen molar-refractivity contribution in [3.63, 3.8) is 0 Å². The molecule has 6 heteroatoms. The molecule has 2 rings (SSSR count). The number of nitrogens with one attached hydrogen (secondary N) is 1. The van der Waals surface area contributed by atoms with Gasteiger partial charge < -0.3 is 0 Å². The smallest absolute Gasteiger partial charge is 0.241 e. The molecule has 0 unspecified atom stereocenters. The predicted octanol–water partition coefficient (Wildman–Crippen LogP) is 3.09. The Morgan fingerprint density at radius 1 is 1.29 bits per heavy atom. The van der Waals surface area contributed by atoms with E-state index in [1.807, 2.05) is 20.8 Å². The molecule has 0 saturated carbocycles. The summed E-state index contributed by atoms with van der Waals surface area (Å²) in [6, 6.07) is 6.91. The summed E-state index contributed by atoms with van der Waals surface area (Å²) in [5, 5.41) is 0.633. The Balaban J connectivity index is 2.44. The van der Waals surface area contributed by atoms with E-state index in [1.165, 1.54) is 0 Å². The maximum absolute atomic E-state index is 12.5. The molecule has 0 saturated heterocycles. The number of sulfonamides is 1. The van der Waals surface area contributed by atoms with Gasteiger partial charge in [0.05, 0.1) is 10.4 Å². The average molecular weight is 327 g/mol. The lowest BCUT2D eigenvalue weighted by Crippen LogP contribution is -2.35. The summed E-state index contributed by atoms with van der Waals surface area (Å²) in [6.45, 7) is 6.03. The number of alkyl halides is 1. The van der Waals surface area contributed by atoms with E-state index in [9.17, 15) is 8.42 Å². The van der Waals surface area contributed by atoms with Crippen molar-refractivity contribution in [2.75, 3.05) is 12.4 Å². The third kappa shape index (κ3) is 3.54. The molecule has 1 heterocycles. The lowest BCUT2D eigenvalue weighted by atomic mass is 9.97. The highest BCUT2D eigenvalue weighted by Gasteiger charge is 2.23. The Hall–Kier alpha value is -1.17. The summed E-state index contributed by atoms with van der Waals surface area (Å²) in [5.74, 6) is 0.381. The molecule has 2 aromatic rings. The second-order valence-electron chi connectivity index (χ2n) is 5.90. The second-order valence-corrected chi connectivity index (χ2v) is 7.91. The number of benzene rings is 1. The lowest BCUT2D eigenvalue weighted by Gasteiger charge is -2.22. The molecule has 0 amide bonds. The Morgan fingerprint density at radius 2 is 2.00 bits per heavy atom. The number of fused-ring (bicyclic) bond motifs is 1. The fourth-order valence-electron chi connectivity index (χ4n) is 1.94. The number of aromatic nitrogens is 1. The van der Waals surface area contributed by atoms with Crippen LogP contribution in [-0.4, -0.2) is 25.8 Å². The number of nitrogens with zero attached hydrogens (tertiary/aromatic N) is 1. The zero-order valence-corrected chi connectivity index (χ0v) is 13.9. The van der Waals surface area contributed by atoms with Crippen molar-refractivity contribution in [1.82, 2.24) is 9.71 Å². The molecular formula is C15H19ClN2O2S. The molecule has 114 valence electrons. The summed E-state index contributed by atoms with van der Waals surface area (Å²) < 4.78 is 27.7. The van der Waals surface area contributed by atoms with Gasteiger partial charge >= 0.3 is 0 Å². The molecule has 1 N–H and O–H groups in total. The van der Waals surface area contributed by atoms with Crippen LogP contribution in [0.5, 0.6) is 0 Å². The number of hydrogen-bond donors (Lipinski definition) is 1. The number of aryl methyl sites for hydroxylation is 1. The van der Waals surface area contributed by atoms with E-state index < -0.39 is 10.0 Å². The van der Waals surface area contributed by atoms with Crippen molar-refractivity contribution in [3.05, 3.63) is 36.0 Å². The van der Waals surface area contributed by atoms with Crippen LogP contribution in [0.25, 0.3) is 10.9 Å². The van der Waals surface area contributed by atoms with Crippen LogP contribution in [-0.2, 0) is 10.0 Å². The monoisotopic (exact) mass is 326 g/mol. The minimum Gasteiger partial charge on any atom is -0.256 e. The number of pyridine rings is 1. The van der Waals surface area contributed by atoms with Gasteiger partial charge in [0.25, 0.3) is 0 Å². The fraction of sp³-hybridized carbons (Fsp3) is 0.400. The SMILES string of the molecule is Cc1ccc(S(=O)(=O)NCC(C)(C)CCl)c2cccnc12. The second kappa shape index (κ2) is 5.91. The first kappa shape index (κ1) is 16.2. The molecule has 1 aromatic heterocycles. The van der Waals surface area contributed by atoms with E-state index >= 15 is 0 Å². The topological polar surface area (TPSA) is 59.1 Å². The molecule has 21 heavy (non-hydrogen) atoms. The first-order valence-corrected chi connectivity index (χ1v) is 8.69. The van der Waals surface area contributed by atoms with Crippen molar-refractivity contribution in [2.45, 2.75) is 25.7 Å². The summed E-state index contributed by atoms with van der Waals surface area (Å²) in [4.78, 5) is 4.52. The number of halogens is 1. The summed E-state index contributed by atoms with van der Waals surface area (Å²) in [5.41, 5.74) is 1.36. The maximum atomic E-state index is 12.5. The van der Waals surface area contributed by atoms with Gasteiger partial charge in [0, 0.05) is 24.0 Å². The van der Waals surface area contributed by atoms with Gasteiger partial charge in [-0.2, -0.15) is 0 Å². The molecule has 0 spiro atoms.